The molecule has 7 nitrogen and oxygen atoms in total. The molecule has 0 saturated heterocycles. The predicted molar refractivity (Wildman–Crippen MR) is 93.0 cm³/mol. The fraction of sp³-hybridized carbons (Fsp3) is 0.467. The number of methoxy groups -OCH3 is 1. The van der Waals surface area contributed by atoms with Crippen molar-refractivity contribution in [3.05, 3.63) is 27.0 Å². The summed E-state index contributed by atoms with van der Waals surface area (Å²) in [6.45, 7) is 3.16. The van der Waals surface area contributed by atoms with Crippen molar-refractivity contribution in [3.8, 4) is 0 Å². The molecule has 0 bridgehead atoms. The summed E-state index contributed by atoms with van der Waals surface area (Å²) in [6, 6.07) is -0.831. The average molecular weight is 412 g/mol. The largest absolute Gasteiger partial charge is 0.467 e. The van der Waals surface area contributed by atoms with Crippen LogP contribution in [0.2, 0.25) is 15.1 Å². The second-order valence-electron chi connectivity index (χ2n) is 5.43. The first-order valence-corrected chi connectivity index (χ1v) is 8.34. The maximum atomic E-state index is 11.9. The van der Waals surface area contributed by atoms with Gasteiger partial charge in [0.25, 0.3) is 5.91 Å². The molecule has 1 atom stereocenters. The fourth-order valence-corrected chi connectivity index (χ4v) is 2.41. The van der Waals surface area contributed by atoms with E-state index < -0.39 is 30.5 Å². The van der Waals surface area contributed by atoms with Crippen molar-refractivity contribution in [2.75, 3.05) is 13.7 Å². The van der Waals surface area contributed by atoms with Gasteiger partial charge < -0.3 is 14.8 Å². The van der Waals surface area contributed by atoms with Crippen LogP contribution in [0.3, 0.4) is 0 Å². The van der Waals surface area contributed by atoms with Crippen LogP contribution in [0.5, 0.6) is 0 Å². The minimum absolute atomic E-state index is 0.0441. The van der Waals surface area contributed by atoms with E-state index in [1.807, 2.05) is 13.8 Å². The number of amides is 1. The molecule has 0 aliphatic carbocycles. The highest BCUT2D eigenvalue weighted by Crippen LogP contribution is 2.31. The van der Waals surface area contributed by atoms with E-state index in [0.717, 1.165) is 6.20 Å². The molecule has 25 heavy (non-hydrogen) atoms. The molecule has 0 saturated carbocycles. The monoisotopic (exact) mass is 410 g/mol. The number of nitrogens with one attached hydrogen (secondary N) is 1. The molecule has 1 amide bonds. The molecule has 10 heteroatoms. The van der Waals surface area contributed by atoms with E-state index in [1.165, 1.54) is 7.11 Å². The van der Waals surface area contributed by atoms with Crippen LogP contribution in [0.1, 0.15) is 30.8 Å². The van der Waals surface area contributed by atoms with Gasteiger partial charge in [0.2, 0.25) is 0 Å². The normalized spacial score (nSPS) is 11.8. The molecule has 0 aliphatic rings. The first-order chi connectivity index (χ1) is 11.7. The highest BCUT2D eigenvalue weighted by Gasteiger charge is 2.24. The van der Waals surface area contributed by atoms with E-state index in [2.05, 4.69) is 15.0 Å². The van der Waals surface area contributed by atoms with Gasteiger partial charge >= 0.3 is 11.9 Å². The minimum atomic E-state index is -0.947. The zero-order valence-electron chi connectivity index (χ0n) is 13.8. The third-order valence-electron chi connectivity index (χ3n) is 2.97. The number of nitrogens with zero attached hydrogens (tertiary/aromatic N) is 1. The van der Waals surface area contributed by atoms with E-state index in [0.29, 0.717) is 6.42 Å². The highest BCUT2D eigenvalue weighted by molar-refractivity contribution is 6.48. The second kappa shape index (κ2) is 9.79. The summed E-state index contributed by atoms with van der Waals surface area (Å²) < 4.78 is 9.47. The zero-order valence-corrected chi connectivity index (χ0v) is 16.0. The molecule has 0 radical (unpaired) electrons. The summed E-state index contributed by atoms with van der Waals surface area (Å²) >= 11 is 17.4. The number of halogens is 3. The lowest BCUT2D eigenvalue weighted by atomic mass is 10.0. The number of hydrogen-bond donors (Lipinski definition) is 1. The van der Waals surface area contributed by atoms with Gasteiger partial charge in [-0.1, -0.05) is 48.7 Å². The summed E-state index contributed by atoms with van der Waals surface area (Å²) in [5.41, 5.74) is -0.268. The van der Waals surface area contributed by atoms with Gasteiger partial charge in [0.05, 0.1) is 22.2 Å². The quantitative estimate of drug-likeness (QED) is 0.693. The van der Waals surface area contributed by atoms with Crippen LogP contribution >= 0.6 is 34.8 Å². The Kier molecular flexibility index (Phi) is 8.41. The Bertz CT molecular complexity index is 667. The Morgan fingerprint density at radius 3 is 2.40 bits per heavy atom. The summed E-state index contributed by atoms with van der Waals surface area (Å²) in [5.74, 6) is -2.05. The molecule has 0 aliphatic heterocycles. The number of pyridine rings is 1. The van der Waals surface area contributed by atoms with Crippen molar-refractivity contribution in [2.45, 2.75) is 26.3 Å². The lowest BCUT2D eigenvalue weighted by molar-refractivity contribution is -0.145. The molecular formula is C15H17Cl3N2O5. The van der Waals surface area contributed by atoms with Crippen LogP contribution in [0.25, 0.3) is 0 Å². The molecule has 1 N–H and O–H groups in total. The molecule has 0 fully saturated rings. The molecule has 0 spiro atoms. The standard InChI is InChI=1S/C15H17Cl3N2O5/c1-7(2)4-9(14(22)24-3)20-10(21)6-25-15(23)13-12(18)11(17)8(16)5-19-13/h5,7,9H,4,6H2,1-3H3,(H,20,21)/t9-/m0/s1. The van der Waals surface area contributed by atoms with E-state index in [1.54, 1.807) is 0 Å². The van der Waals surface area contributed by atoms with Crippen molar-refractivity contribution < 1.29 is 23.9 Å². The maximum Gasteiger partial charge on any atom is 0.359 e. The highest BCUT2D eigenvalue weighted by atomic mass is 35.5. The number of carbonyl (C=O) groups excluding carboxylic acids is 3. The van der Waals surface area contributed by atoms with Crippen LogP contribution in [0.15, 0.2) is 6.20 Å². The number of aromatic nitrogens is 1. The lowest BCUT2D eigenvalue weighted by Crippen LogP contribution is -2.44. The third kappa shape index (κ3) is 6.34. The summed E-state index contributed by atoms with van der Waals surface area (Å²) in [6.07, 6.45) is 1.52. The zero-order chi connectivity index (χ0) is 19.1. The van der Waals surface area contributed by atoms with Gasteiger partial charge in [0, 0.05) is 6.20 Å². The van der Waals surface area contributed by atoms with E-state index in [-0.39, 0.29) is 26.7 Å². The Hall–Kier alpha value is -1.57. The summed E-state index contributed by atoms with van der Waals surface area (Å²) in [5, 5.41) is 2.31. The predicted octanol–water partition coefficient (Wildman–Crippen LogP) is 2.90. The minimum Gasteiger partial charge on any atom is -0.467 e. The molecule has 1 rings (SSSR count). The molecule has 0 unspecified atom stereocenters. The Morgan fingerprint density at radius 2 is 1.84 bits per heavy atom. The van der Waals surface area contributed by atoms with Crippen LogP contribution < -0.4 is 5.32 Å². The van der Waals surface area contributed by atoms with Crippen molar-refractivity contribution in [3.63, 3.8) is 0 Å². The van der Waals surface area contributed by atoms with Gasteiger partial charge in [-0.15, -0.1) is 0 Å². The number of esters is 2. The van der Waals surface area contributed by atoms with Gasteiger partial charge in [-0.2, -0.15) is 0 Å². The van der Waals surface area contributed by atoms with Crippen molar-refractivity contribution in [1.29, 1.82) is 0 Å². The summed E-state index contributed by atoms with van der Waals surface area (Å²) in [7, 11) is 1.22. The molecule has 0 aromatic carbocycles. The smallest absolute Gasteiger partial charge is 0.359 e. The fourth-order valence-electron chi connectivity index (χ4n) is 1.85. The van der Waals surface area contributed by atoms with Gasteiger partial charge in [0.15, 0.2) is 12.3 Å². The topological polar surface area (TPSA) is 94.6 Å². The van der Waals surface area contributed by atoms with Gasteiger partial charge in [-0.25, -0.2) is 14.6 Å². The summed E-state index contributed by atoms with van der Waals surface area (Å²) in [4.78, 5) is 39.2. The van der Waals surface area contributed by atoms with Crippen molar-refractivity contribution in [2.24, 2.45) is 5.92 Å². The molecule has 1 heterocycles. The Morgan fingerprint density at radius 1 is 1.20 bits per heavy atom. The van der Waals surface area contributed by atoms with Crippen molar-refractivity contribution >= 4 is 52.6 Å². The number of ether oxygens (including phenoxy) is 2. The van der Waals surface area contributed by atoms with Gasteiger partial charge in [-0.3, -0.25) is 4.79 Å². The second-order valence-corrected chi connectivity index (χ2v) is 6.59. The van der Waals surface area contributed by atoms with E-state index in [9.17, 15) is 14.4 Å². The lowest BCUT2D eigenvalue weighted by Gasteiger charge is -2.18. The number of rotatable bonds is 7. The van der Waals surface area contributed by atoms with Crippen LogP contribution in [-0.4, -0.2) is 42.6 Å². The third-order valence-corrected chi connectivity index (χ3v) is 4.21. The van der Waals surface area contributed by atoms with Gasteiger partial charge in [-0.05, 0) is 12.3 Å². The molecule has 138 valence electrons. The van der Waals surface area contributed by atoms with E-state index >= 15 is 0 Å². The number of hydrogen-bond acceptors (Lipinski definition) is 6. The first-order valence-electron chi connectivity index (χ1n) is 7.21. The maximum absolute atomic E-state index is 11.9. The van der Waals surface area contributed by atoms with Crippen LogP contribution in [-0.2, 0) is 19.1 Å². The molecule has 1 aromatic rings. The Balaban J connectivity index is 2.67. The molecular weight excluding hydrogens is 395 g/mol. The number of carbonyl (C=O) groups is 3. The first kappa shape index (κ1) is 21.5. The molecule has 1 aromatic heterocycles. The van der Waals surface area contributed by atoms with Gasteiger partial charge in [0.1, 0.15) is 6.04 Å². The van der Waals surface area contributed by atoms with E-state index in [4.69, 9.17) is 39.5 Å². The average Bonchev–Trinajstić information content (AvgIpc) is 2.56. The van der Waals surface area contributed by atoms with Crippen LogP contribution in [0.4, 0.5) is 0 Å². The SMILES string of the molecule is COC(=O)[C@H](CC(C)C)NC(=O)COC(=O)c1ncc(Cl)c(Cl)c1Cl. The van der Waals surface area contributed by atoms with Crippen molar-refractivity contribution in [1.82, 2.24) is 10.3 Å². The Labute approximate surface area is 159 Å². The van der Waals surface area contributed by atoms with Crippen LogP contribution in [0, 0.1) is 5.92 Å².